The molecule has 0 aliphatic carbocycles. The molecule has 0 aromatic heterocycles. The lowest BCUT2D eigenvalue weighted by Crippen LogP contribution is -2.52. The summed E-state index contributed by atoms with van der Waals surface area (Å²) in [6, 6.07) is 14.0. The van der Waals surface area contributed by atoms with Gasteiger partial charge < -0.3 is 15.2 Å². The summed E-state index contributed by atoms with van der Waals surface area (Å²) in [7, 11) is 1.40. The molecule has 2 aromatic rings. The average molecular weight is 304 g/mol. The van der Waals surface area contributed by atoms with E-state index < -0.39 is 17.6 Å². The standard InChI is InChI=1S/C16H14ClNO3/c1-21-14-15(19)18-13-8-7-11(17)9-12(13)16(14,20)10-5-3-2-4-6-10/h2-9,14,20H,1H3,(H,18,19). The summed E-state index contributed by atoms with van der Waals surface area (Å²) in [4.78, 5) is 12.2. The van der Waals surface area contributed by atoms with E-state index in [0.29, 0.717) is 21.8 Å². The van der Waals surface area contributed by atoms with Gasteiger partial charge in [-0.15, -0.1) is 0 Å². The number of carbonyl (C=O) groups is 1. The van der Waals surface area contributed by atoms with Gasteiger partial charge in [0.15, 0.2) is 11.7 Å². The van der Waals surface area contributed by atoms with Gasteiger partial charge in [-0.3, -0.25) is 4.79 Å². The van der Waals surface area contributed by atoms with E-state index in [9.17, 15) is 9.90 Å². The van der Waals surface area contributed by atoms with Crippen LogP contribution in [0.15, 0.2) is 48.5 Å². The molecule has 0 fully saturated rings. The van der Waals surface area contributed by atoms with Crippen LogP contribution in [0.1, 0.15) is 11.1 Å². The molecular formula is C16H14ClNO3. The maximum Gasteiger partial charge on any atom is 0.257 e. The zero-order valence-corrected chi connectivity index (χ0v) is 12.1. The van der Waals surface area contributed by atoms with E-state index in [4.69, 9.17) is 16.3 Å². The predicted molar refractivity (Wildman–Crippen MR) is 80.3 cm³/mol. The SMILES string of the molecule is COC1C(=O)Nc2ccc(Cl)cc2C1(O)c1ccccc1. The molecule has 2 unspecified atom stereocenters. The molecular weight excluding hydrogens is 290 g/mol. The Balaban J connectivity index is 2.29. The first-order chi connectivity index (χ1) is 10.1. The molecule has 0 bridgehead atoms. The molecule has 1 aliphatic rings. The number of amides is 1. The first-order valence-electron chi connectivity index (χ1n) is 6.49. The zero-order chi connectivity index (χ0) is 15.0. The van der Waals surface area contributed by atoms with Gasteiger partial charge in [0.25, 0.3) is 5.91 Å². The largest absolute Gasteiger partial charge is 0.377 e. The number of halogens is 1. The lowest BCUT2D eigenvalue weighted by atomic mass is 9.78. The smallest absolute Gasteiger partial charge is 0.257 e. The molecule has 0 saturated carbocycles. The molecule has 21 heavy (non-hydrogen) atoms. The highest BCUT2D eigenvalue weighted by Gasteiger charge is 2.49. The van der Waals surface area contributed by atoms with Crippen LogP contribution in [0.2, 0.25) is 5.02 Å². The Morgan fingerprint density at radius 2 is 1.95 bits per heavy atom. The van der Waals surface area contributed by atoms with Crippen LogP contribution in [-0.4, -0.2) is 24.2 Å². The van der Waals surface area contributed by atoms with Crippen molar-refractivity contribution in [1.29, 1.82) is 0 Å². The molecule has 4 nitrogen and oxygen atoms in total. The molecule has 2 N–H and O–H groups in total. The number of rotatable bonds is 2. The van der Waals surface area contributed by atoms with Crippen LogP contribution >= 0.6 is 11.6 Å². The molecule has 2 aromatic carbocycles. The predicted octanol–water partition coefficient (Wildman–Crippen LogP) is 2.54. The van der Waals surface area contributed by atoms with Gasteiger partial charge in [0.2, 0.25) is 0 Å². The third kappa shape index (κ3) is 2.12. The van der Waals surface area contributed by atoms with Crippen LogP contribution < -0.4 is 5.32 Å². The number of hydrogen-bond donors (Lipinski definition) is 2. The van der Waals surface area contributed by atoms with Crippen LogP contribution in [0.4, 0.5) is 5.69 Å². The molecule has 3 rings (SSSR count). The van der Waals surface area contributed by atoms with Crippen molar-refractivity contribution in [2.45, 2.75) is 11.7 Å². The molecule has 0 spiro atoms. The van der Waals surface area contributed by atoms with E-state index in [1.165, 1.54) is 7.11 Å². The van der Waals surface area contributed by atoms with Crippen molar-refractivity contribution < 1.29 is 14.6 Å². The fourth-order valence-electron chi connectivity index (χ4n) is 2.75. The summed E-state index contributed by atoms with van der Waals surface area (Å²) in [5.41, 5.74) is 0.0467. The minimum atomic E-state index is -1.58. The normalized spacial score (nSPS) is 24.3. The number of carbonyl (C=O) groups excluding carboxylic acids is 1. The van der Waals surface area contributed by atoms with Gasteiger partial charge in [0, 0.05) is 23.4 Å². The number of hydrogen-bond acceptors (Lipinski definition) is 3. The highest BCUT2D eigenvalue weighted by atomic mass is 35.5. The summed E-state index contributed by atoms with van der Waals surface area (Å²) in [5.74, 6) is -0.390. The lowest BCUT2D eigenvalue weighted by molar-refractivity contribution is -0.142. The summed E-state index contributed by atoms with van der Waals surface area (Å²) < 4.78 is 5.27. The van der Waals surface area contributed by atoms with Gasteiger partial charge in [-0.1, -0.05) is 41.9 Å². The third-order valence-corrected chi connectivity index (χ3v) is 3.95. The maximum absolute atomic E-state index is 12.2. The second-order valence-corrected chi connectivity index (χ2v) is 5.36. The van der Waals surface area contributed by atoms with E-state index in [1.54, 1.807) is 42.5 Å². The monoisotopic (exact) mass is 303 g/mol. The quantitative estimate of drug-likeness (QED) is 0.896. The molecule has 0 radical (unpaired) electrons. The minimum Gasteiger partial charge on any atom is -0.377 e. The second-order valence-electron chi connectivity index (χ2n) is 4.93. The molecule has 2 atom stereocenters. The molecule has 0 saturated heterocycles. The molecule has 5 heteroatoms. The van der Waals surface area contributed by atoms with Crippen molar-refractivity contribution in [2.75, 3.05) is 12.4 Å². The van der Waals surface area contributed by atoms with Gasteiger partial charge in [-0.2, -0.15) is 0 Å². The summed E-state index contributed by atoms with van der Waals surface area (Å²) in [5, 5.41) is 14.5. The Hall–Kier alpha value is -1.88. The Labute approximate surface area is 127 Å². The number of methoxy groups -OCH3 is 1. The molecule has 1 aliphatic heterocycles. The highest BCUT2D eigenvalue weighted by Crippen LogP contribution is 2.42. The Morgan fingerprint density at radius 3 is 2.62 bits per heavy atom. The Bertz CT molecular complexity index is 689. The van der Waals surface area contributed by atoms with Gasteiger partial charge in [-0.25, -0.2) is 0 Å². The van der Waals surface area contributed by atoms with E-state index in [2.05, 4.69) is 5.32 Å². The Morgan fingerprint density at radius 1 is 1.24 bits per heavy atom. The summed E-state index contributed by atoms with van der Waals surface area (Å²) in [6.07, 6.45) is -1.05. The number of nitrogens with one attached hydrogen (secondary N) is 1. The van der Waals surface area contributed by atoms with Crippen molar-refractivity contribution in [2.24, 2.45) is 0 Å². The van der Waals surface area contributed by atoms with E-state index >= 15 is 0 Å². The highest BCUT2D eigenvalue weighted by molar-refractivity contribution is 6.30. The van der Waals surface area contributed by atoms with E-state index in [1.807, 2.05) is 6.07 Å². The van der Waals surface area contributed by atoms with Gasteiger partial charge >= 0.3 is 0 Å². The van der Waals surface area contributed by atoms with Crippen molar-refractivity contribution in [3.63, 3.8) is 0 Å². The van der Waals surface area contributed by atoms with Gasteiger partial charge in [0.05, 0.1) is 0 Å². The topological polar surface area (TPSA) is 58.6 Å². The van der Waals surface area contributed by atoms with Crippen molar-refractivity contribution >= 4 is 23.2 Å². The maximum atomic E-state index is 12.2. The zero-order valence-electron chi connectivity index (χ0n) is 11.3. The number of aliphatic hydroxyl groups is 1. The minimum absolute atomic E-state index is 0.390. The number of fused-ring (bicyclic) bond motifs is 1. The number of benzene rings is 2. The summed E-state index contributed by atoms with van der Waals surface area (Å²) >= 11 is 6.05. The van der Waals surface area contributed by atoms with Crippen molar-refractivity contribution in [1.82, 2.24) is 0 Å². The molecule has 108 valence electrons. The van der Waals surface area contributed by atoms with Gasteiger partial charge in [-0.05, 0) is 23.8 Å². The van der Waals surface area contributed by atoms with E-state index in [-0.39, 0.29) is 0 Å². The number of ether oxygens (including phenoxy) is 1. The third-order valence-electron chi connectivity index (χ3n) is 3.72. The van der Waals surface area contributed by atoms with Crippen LogP contribution in [0.25, 0.3) is 0 Å². The van der Waals surface area contributed by atoms with E-state index in [0.717, 1.165) is 0 Å². The van der Waals surface area contributed by atoms with Crippen LogP contribution in [0.5, 0.6) is 0 Å². The molecule has 1 amide bonds. The van der Waals surface area contributed by atoms with Crippen molar-refractivity contribution in [3.8, 4) is 0 Å². The van der Waals surface area contributed by atoms with Gasteiger partial charge in [0.1, 0.15) is 0 Å². The number of anilines is 1. The fourth-order valence-corrected chi connectivity index (χ4v) is 2.92. The molecule has 1 heterocycles. The summed E-state index contributed by atoms with van der Waals surface area (Å²) in [6.45, 7) is 0. The van der Waals surface area contributed by atoms with Crippen LogP contribution in [0, 0.1) is 0 Å². The average Bonchev–Trinajstić information content (AvgIpc) is 2.49. The lowest BCUT2D eigenvalue weighted by Gasteiger charge is -2.40. The first kappa shape index (κ1) is 14.1. The first-order valence-corrected chi connectivity index (χ1v) is 6.86. The second kappa shape index (κ2) is 5.15. The van der Waals surface area contributed by atoms with Crippen molar-refractivity contribution in [3.05, 3.63) is 64.7 Å². The fraction of sp³-hybridized carbons (Fsp3) is 0.188. The van der Waals surface area contributed by atoms with Crippen LogP contribution in [0.3, 0.4) is 0 Å². The Kier molecular flexibility index (Phi) is 3.45. The van der Waals surface area contributed by atoms with Crippen LogP contribution in [-0.2, 0) is 15.1 Å².